The topological polar surface area (TPSA) is 87.2 Å². The van der Waals surface area contributed by atoms with Crippen LogP contribution in [0.5, 0.6) is 0 Å². The monoisotopic (exact) mass is 548 g/mol. The number of ether oxygens (including phenoxy) is 1. The molecule has 3 fully saturated rings. The number of aliphatic hydroxyl groups excluding tert-OH is 1. The summed E-state index contributed by atoms with van der Waals surface area (Å²) in [4.78, 5) is 45.7. The van der Waals surface area contributed by atoms with Gasteiger partial charge in [0.15, 0.2) is 0 Å². The van der Waals surface area contributed by atoms with Crippen molar-refractivity contribution in [2.24, 2.45) is 17.8 Å². The van der Waals surface area contributed by atoms with Crippen LogP contribution < -0.4 is 0 Å². The fourth-order valence-corrected chi connectivity index (χ4v) is 9.37. The van der Waals surface area contributed by atoms with Crippen molar-refractivity contribution >= 4 is 29.5 Å². The van der Waals surface area contributed by atoms with Gasteiger partial charge in [-0.1, -0.05) is 73.7 Å². The number of hydrogen-bond acceptors (Lipinski definition) is 6. The number of carbonyl (C=O) groups is 3. The van der Waals surface area contributed by atoms with Gasteiger partial charge in [-0.3, -0.25) is 14.4 Å². The van der Waals surface area contributed by atoms with Gasteiger partial charge in [0.2, 0.25) is 11.8 Å². The van der Waals surface area contributed by atoms with Crippen LogP contribution in [-0.4, -0.2) is 68.5 Å². The quantitative estimate of drug-likeness (QED) is 0.359. The predicted molar refractivity (Wildman–Crippen MR) is 150 cm³/mol. The third kappa shape index (κ3) is 4.47. The van der Waals surface area contributed by atoms with Crippen LogP contribution >= 0.6 is 11.8 Å². The van der Waals surface area contributed by atoms with Crippen molar-refractivity contribution in [1.82, 2.24) is 9.80 Å². The Bertz CT molecular complexity index is 1220. The van der Waals surface area contributed by atoms with E-state index in [-0.39, 0.29) is 42.2 Å². The molecule has 3 saturated heterocycles. The Kier molecular flexibility index (Phi) is 7.87. The number of likely N-dealkylation sites (tertiary alicyclic amines) is 1. The maximum absolute atomic E-state index is 14.7. The molecule has 5 rings (SSSR count). The lowest BCUT2D eigenvalue weighted by Crippen LogP contribution is -2.57. The Morgan fingerprint density at radius 3 is 2.49 bits per heavy atom. The second-order valence-electron chi connectivity index (χ2n) is 10.7. The summed E-state index contributed by atoms with van der Waals surface area (Å²) < 4.78 is 4.66. The van der Waals surface area contributed by atoms with Crippen LogP contribution in [0.25, 0.3) is 0 Å². The Labute approximate surface area is 234 Å². The number of rotatable bonds is 10. The van der Waals surface area contributed by atoms with E-state index in [1.807, 2.05) is 60.7 Å². The normalized spacial score (nSPS) is 29.7. The summed E-state index contributed by atoms with van der Waals surface area (Å²) in [6.07, 6.45) is 2.42. The summed E-state index contributed by atoms with van der Waals surface area (Å²) in [5.41, 5.74) is 1.72. The molecule has 3 unspecified atom stereocenters. The van der Waals surface area contributed by atoms with Crippen LogP contribution in [0, 0.1) is 17.8 Å². The molecule has 0 aliphatic carbocycles. The van der Waals surface area contributed by atoms with Crippen molar-refractivity contribution in [3.8, 4) is 0 Å². The Morgan fingerprint density at radius 1 is 1.21 bits per heavy atom. The molecule has 1 spiro atoms. The van der Waals surface area contributed by atoms with E-state index in [1.165, 1.54) is 0 Å². The lowest BCUT2D eigenvalue weighted by atomic mass is 9.66. The zero-order chi connectivity index (χ0) is 27.7. The first-order chi connectivity index (χ1) is 18.9. The summed E-state index contributed by atoms with van der Waals surface area (Å²) in [6.45, 7) is 8.31. The molecule has 7 nitrogen and oxygen atoms in total. The second kappa shape index (κ2) is 11.2. The summed E-state index contributed by atoms with van der Waals surface area (Å²) in [5, 5.41) is 10.6. The van der Waals surface area contributed by atoms with Crippen molar-refractivity contribution in [2.45, 2.75) is 48.9 Å². The molecular weight excluding hydrogens is 512 g/mol. The van der Waals surface area contributed by atoms with Crippen LogP contribution in [0.15, 0.2) is 73.3 Å². The number of aliphatic hydroxyl groups is 1. The van der Waals surface area contributed by atoms with Gasteiger partial charge in [0, 0.05) is 18.3 Å². The SMILES string of the molecule is C=CCN(Cc1ccccc1)C(=O)C1N([C@H](CO)c2ccccc2)C(=O)[C@@H]2[C@H](C(=O)OCC)[C@@H]3CC(C)C12S3. The van der Waals surface area contributed by atoms with E-state index in [0.29, 0.717) is 13.1 Å². The summed E-state index contributed by atoms with van der Waals surface area (Å²) >= 11 is 1.61. The highest BCUT2D eigenvalue weighted by Gasteiger charge is 2.77. The Hall–Kier alpha value is -3.10. The van der Waals surface area contributed by atoms with E-state index in [4.69, 9.17) is 4.74 Å². The van der Waals surface area contributed by atoms with E-state index in [9.17, 15) is 19.5 Å². The van der Waals surface area contributed by atoms with Crippen LogP contribution in [-0.2, 0) is 25.7 Å². The first-order valence-corrected chi connectivity index (χ1v) is 14.5. The zero-order valence-electron chi connectivity index (χ0n) is 22.4. The van der Waals surface area contributed by atoms with Gasteiger partial charge in [-0.15, -0.1) is 18.3 Å². The highest BCUT2D eigenvalue weighted by molar-refractivity contribution is 8.02. The number of hydrogen-bond donors (Lipinski definition) is 1. The van der Waals surface area contributed by atoms with Crippen molar-refractivity contribution in [3.05, 3.63) is 84.4 Å². The molecule has 1 N–H and O–H groups in total. The van der Waals surface area contributed by atoms with Crippen molar-refractivity contribution in [1.29, 1.82) is 0 Å². The molecular formula is C31H36N2O5S. The second-order valence-corrected chi connectivity index (χ2v) is 12.2. The number of amides is 2. The van der Waals surface area contributed by atoms with Crippen molar-refractivity contribution in [2.75, 3.05) is 19.8 Å². The molecule has 8 heteroatoms. The lowest BCUT2D eigenvalue weighted by Gasteiger charge is -2.42. The van der Waals surface area contributed by atoms with Gasteiger partial charge >= 0.3 is 5.97 Å². The van der Waals surface area contributed by atoms with Crippen molar-refractivity contribution in [3.63, 3.8) is 0 Å². The van der Waals surface area contributed by atoms with Gasteiger partial charge < -0.3 is 19.6 Å². The van der Waals surface area contributed by atoms with E-state index < -0.39 is 28.7 Å². The third-order valence-corrected chi connectivity index (χ3v) is 10.6. The van der Waals surface area contributed by atoms with E-state index in [0.717, 1.165) is 17.5 Å². The van der Waals surface area contributed by atoms with E-state index in [2.05, 4.69) is 13.5 Å². The first-order valence-electron chi connectivity index (χ1n) is 13.6. The van der Waals surface area contributed by atoms with Gasteiger partial charge in [-0.2, -0.15) is 0 Å². The number of benzene rings is 2. The molecule has 0 saturated carbocycles. The smallest absolute Gasteiger partial charge is 0.310 e. The molecule has 0 aromatic heterocycles. The number of carbonyl (C=O) groups excluding carboxylic acids is 3. The fourth-order valence-electron chi connectivity index (χ4n) is 6.98. The minimum atomic E-state index is -0.847. The molecule has 2 aromatic rings. The maximum Gasteiger partial charge on any atom is 0.310 e. The highest BCUT2D eigenvalue weighted by Crippen LogP contribution is 2.69. The zero-order valence-corrected chi connectivity index (χ0v) is 23.3. The Balaban J connectivity index is 1.63. The minimum absolute atomic E-state index is 0.0171. The molecule has 206 valence electrons. The standard InChI is InChI=1S/C31H36N2O5S/c1-4-16-32(18-21-12-8-6-9-13-21)29(36)27-31-20(3)17-24(39-31)25(30(37)38-5-2)26(31)28(35)33(27)23(19-34)22-14-10-7-11-15-22/h4,6-15,20,23-27,34H,1,5,16-19H2,2-3H3/t20?,23-,24+,25-,26+,27?,31?/m1/s1. The van der Waals surface area contributed by atoms with E-state index >= 15 is 0 Å². The van der Waals surface area contributed by atoms with Gasteiger partial charge in [0.05, 0.1) is 35.8 Å². The number of nitrogens with zero attached hydrogens (tertiary/aromatic N) is 2. The van der Waals surface area contributed by atoms with Crippen LogP contribution in [0.4, 0.5) is 0 Å². The van der Waals surface area contributed by atoms with Crippen LogP contribution in [0.1, 0.15) is 37.4 Å². The van der Waals surface area contributed by atoms with Gasteiger partial charge in [0.1, 0.15) is 6.04 Å². The van der Waals surface area contributed by atoms with Crippen molar-refractivity contribution < 1.29 is 24.2 Å². The molecule has 0 radical (unpaired) electrons. The number of fused-ring (bicyclic) bond motifs is 1. The van der Waals surface area contributed by atoms with Crippen LogP contribution in [0.3, 0.4) is 0 Å². The molecule has 2 aromatic carbocycles. The van der Waals surface area contributed by atoms with Gasteiger partial charge in [0.25, 0.3) is 0 Å². The molecule has 3 aliphatic heterocycles. The summed E-state index contributed by atoms with van der Waals surface area (Å²) in [7, 11) is 0. The maximum atomic E-state index is 14.7. The van der Waals surface area contributed by atoms with E-state index in [1.54, 1.807) is 34.6 Å². The average molecular weight is 549 g/mol. The third-order valence-electron chi connectivity index (χ3n) is 8.55. The van der Waals surface area contributed by atoms with Gasteiger partial charge in [-0.25, -0.2) is 0 Å². The molecule has 3 aliphatic rings. The first kappa shape index (κ1) is 27.5. The minimum Gasteiger partial charge on any atom is -0.466 e. The predicted octanol–water partition coefficient (Wildman–Crippen LogP) is 3.84. The molecule has 2 bridgehead atoms. The molecule has 39 heavy (non-hydrogen) atoms. The summed E-state index contributed by atoms with van der Waals surface area (Å²) in [6, 6.07) is 17.5. The molecule has 2 amide bonds. The lowest BCUT2D eigenvalue weighted by molar-refractivity contribution is -0.154. The molecule has 3 heterocycles. The average Bonchev–Trinajstić information content (AvgIpc) is 3.54. The van der Waals surface area contributed by atoms with Gasteiger partial charge in [-0.05, 0) is 30.4 Å². The molecule has 7 atom stereocenters. The highest BCUT2D eigenvalue weighted by atomic mass is 32.2. The fraction of sp³-hybridized carbons (Fsp3) is 0.452. The largest absolute Gasteiger partial charge is 0.466 e. The number of esters is 1. The summed E-state index contributed by atoms with van der Waals surface area (Å²) in [5.74, 6) is -2.10. The Morgan fingerprint density at radius 2 is 1.87 bits per heavy atom. The van der Waals surface area contributed by atoms with Crippen LogP contribution in [0.2, 0.25) is 0 Å². The number of thioether (sulfide) groups is 1.